The maximum absolute atomic E-state index is 13.9. The summed E-state index contributed by atoms with van der Waals surface area (Å²) in [6.45, 7) is 2.40. The van der Waals surface area contributed by atoms with Gasteiger partial charge in [0.15, 0.2) is 0 Å². The van der Waals surface area contributed by atoms with Gasteiger partial charge in [0.05, 0.1) is 12.5 Å². The lowest BCUT2D eigenvalue weighted by Crippen LogP contribution is -2.40. The van der Waals surface area contributed by atoms with E-state index in [0.29, 0.717) is 23.9 Å². The average molecular weight is 394 g/mol. The molecule has 8 heteroatoms. The number of hydrogen-bond donors (Lipinski definition) is 0. The predicted molar refractivity (Wildman–Crippen MR) is 82.2 cm³/mol. The molecule has 0 bridgehead atoms. The molecule has 0 atom stereocenters. The largest absolute Gasteiger partial charge is 0.466 e. The van der Waals surface area contributed by atoms with Gasteiger partial charge in [-0.25, -0.2) is 12.8 Å². The second kappa shape index (κ2) is 7.06. The zero-order valence-corrected chi connectivity index (χ0v) is 14.5. The minimum absolute atomic E-state index is 0.182. The Balaban J connectivity index is 2.11. The van der Waals surface area contributed by atoms with Crippen molar-refractivity contribution in [3.8, 4) is 0 Å². The number of carbonyl (C=O) groups is 1. The monoisotopic (exact) mass is 393 g/mol. The molecule has 0 radical (unpaired) electrons. The maximum atomic E-state index is 13.9. The lowest BCUT2D eigenvalue weighted by molar-refractivity contribution is -0.149. The molecule has 0 spiro atoms. The number of ether oxygens (including phenoxy) is 1. The highest BCUT2D eigenvalue weighted by molar-refractivity contribution is 9.10. The van der Waals surface area contributed by atoms with E-state index in [4.69, 9.17) is 4.74 Å². The molecule has 0 saturated carbocycles. The van der Waals surface area contributed by atoms with Crippen molar-refractivity contribution in [3.63, 3.8) is 0 Å². The van der Waals surface area contributed by atoms with Gasteiger partial charge >= 0.3 is 5.97 Å². The van der Waals surface area contributed by atoms with Crippen molar-refractivity contribution >= 4 is 31.9 Å². The second-order valence-electron chi connectivity index (χ2n) is 5.01. The minimum Gasteiger partial charge on any atom is -0.466 e. The number of esters is 1. The Hall–Kier alpha value is -0.990. The Morgan fingerprint density at radius 3 is 2.59 bits per heavy atom. The fraction of sp³-hybridized carbons (Fsp3) is 0.500. The molecular weight excluding hydrogens is 377 g/mol. The van der Waals surface area contributed by atoms with E-state index in [9.17, 15) is 17.6 Å². The first-order valence-electron chi connectivity index (χ1n) is 6.98. The normalized spacial score (nSPS) is 17.4. The molecule has 1 heterocycles. The van der Waals surface area contributed by atoms with Crippen LogP contribution in [0.1, 0.15) is 19.8 Å². The number of nitrogens with zero attached hydrogens (tertiary/aromatic N) is 1. The highest BCUT2D eigenvalue weighted by Crippen LogP contribution is 2.27. The highest BCUT2D eigenvalue weighted by Gasteiger charge is 2.34. The standard InChI is InChI=1S/C14H17BrFNO4S/c1-2-21-14(18)10-5-7-17(8-6-10)22(19,20)13-4-3-11(15)9-12(13)16/h3-4,9-10H,2,5-8H2,1H3. The summed E-state index contributed by atoms with van der Waals surface area (Å²) < 4.78 is 45.5. The number of piperidine rings is 1. The van der Waals surface area contributed by atoms with Gasteiger partial charge in [0.25, 0.3) is 0 Å². The smallest absolute Gasteiger partial charge is 0.309 e. The molecule has 1 fully saturated rings. The van der Waals surface area contributed by atoms with Crippen molar-refractivity contribution in [2.45, 2.75) is 24.7 Å². The third-order valence-corrected chi connectivity index (χ3v) is 6.01. The van der Waals surface area contributed by atoms with Gasteiger partial charge in [-0.15, -0.1) is 0 Å². The van der Waals surface area contributed by atoms with E-state index >= 15 is 0 Å². The molecule has 1 saturated heterocycles. The van der Waals surface area contributed by atoms with Gasteiger partial charge in [0.2, 0.25) is 10.0 Å². The van der Waals surface area contributed by atoms with Crippen molar-refractivity contribution in [3.05, 3.63) is 28.5 Å². The Kier molecular flexibility index (Phi) is 5.57. The fourth-order valence-corrected chi connectivity index (χ4v) is 4.26. The van der Waals surface area contributed by atoms with Crippen LogP contribution in [0.15, 0.2) is 27.6 Å². The van der Waals surface area contributed by atoms with Crippen molar-refractivity contribution in [1.29, 1.82) is 0 Å². The summed E-state index contributed by atoms with van der Waals surface area (Å²) >= 11 is 3.10. The first-order chi connectivity index (χ1) is 10.4. The van der Waals surface area contributed by atoms with Crippen LogP contribution in [0.2, 0.25) is 0 Å². The Morgan fingerprint density at radius 2 is 2.05 bits per heavy atom. The van der Waals surface area contributed by atoms with Gasteiger partial charge < -0.3 is 4.74 Å². The number of benzene rings is 1. The summed E-state index contributed by atoms with van der Waals surface area (Å²) in [4.78, 5) is 11.3. The van der Waals surface area contributed by atoms with Gasteiger partial charge in [-0.05, 0) is 38.0 Å². The van der Waals surface area contributed by atoms with E-state index in [1.165, 1.54) is 16.4 Å². The lowest BCUT2D eigenvalue weighted by Gasteiger charge is -2.30. The molecule has 1 aromatic carbocycles. The predicted octanol–water partition coefficient (Wildman–Crippen LogP) is 2.55. The molecule has 0 amide bonds. The summed E-state index contributed by atoms with van der Waals surface area (Å²) in [5, 5.41) is 0. The van der Waals surface area contributed by atoms with Gasteiger partial charge in [-0.3, -0.25) is 4.79 Å². The van der Waals surface area contributed by atoms with Gasteiger partial charge in [-0.1, -0.05) is 15.9 Å². The molecule has 1 aliphatic heterocycles. The third kappa shape index (κ3) is 3.67. The molecule has 22 heavy (non-hydrogen) atoms. The Labute approximate surface area is 137 Å². The minimum atomic E-state index is -3.89. The summed E-state index contributed by atoms with van der Waals surface area (Å²) in [7, 11) is -3.89. The summed E-state index contributed by atoms with van der Waals surface area (Å²) in [6, 6.07) is 3.85. The summed E-state index contributed by atoms with van der Waals surface area (Å²) in [5.74, 6) is -1.38. The molecule has 1 aliphatic rings. The van der Waals surface area contributed by atoms with Gasteiger partial charge in [-0.2, -0.15) is 4.31 Å². The third-order valence-electron chi connectivity index (χ3n) is 3.59. The van der Waals surface area contributed by atoms with Crippen LogP contribution in [0.25, 0.3) is 0 Å². The molecule has 122 valence electrons. The average Bonchev–Trinajstić information content (AvgIpc) is 2.47. The summed E-state index contributed by atoms with van der Waals surface area (Å²) in [6.07, 6.45) is 0.770. The van der Waals surface area contributed by atoms with E-state index in [1.54, 1.807) is 6.92 Å². The fourth-order valence-electron chi connectivity index (χ4n) is 2.42. The van der Waals surface area contributed by atoms with Gasteiger partial charge in [0.1, 0.15) is 10.7 Å². The molecule has 0 aromatic heterocycles. The second-order valence-corrected chi connectivity index (χ2v) is 7.83. The molecular formula is C14H17BrFNO4S. The van der Waals surface area contributed by atoms with Crippen LogP contribution >= 0.6 is 15.9 Å². The topological polar surface area (TPSA) is 63.7 Å². The van der Waals surface area contributed by atoms with E-state index in [1.807, 2.05) is 0 Å². The zero-order valence-electron chi connectivity index (χ0n) is 12.1. The Bertz CT molecular complexity index is 657. The first kappa shape index (κ1) is 17.4. The maximum Gasteiger partial charge on any atom is 0.309 e. The van der Waals surface area contributed by atoms with Crippen molar-refractivity contribution in [2.24, 2.45) is 5.92 Å². The van der Waals surface area contributed by atoms with Crippen LogP contribution in [0.4, 0.5) is 4.39 Å². The number of sulfonamides is 1. The van der Waals surface area contributed by atoms with Crippen LogP contribution in [0.3, 0.4) is 0 Å². The molecule has 1 aromatic rings. The SMILES string of the molecule is CCOC(=O)C1CCN(S(=O)(=O)c2ccc(Br)cc2F)CC1. The first-order valence-corrected chi connectivity index (χ1v) is 9.21. The number of halogens is 2. The van der Waals surface area contributed by atoms with Crippen LogP contribution in [0.5, 0.6) is 0 Å². The van der Waals surface area contributed by atoms with Gasteiger partial charge in [0, 0.05) is 17.6 Å². The number of carbonyl (C=O) groups excluding carboxylic acids is 1. The van der Waals surface area contributed by atoms with Crippen molar-refractivity contribution in [2.75, 3.05) is 19.7 Å². The van der Waals surface area contributed by atoms with E-state index < -0.39 is 15.8 Å². The van der Waals surface area contributed by atoms with Crippen LogP contribution in [0, 0.1) is 11.7 Å². The lowest BCUT2D eigenvalue weighted by atomic mass is 9.98. The quantitative estimate of drug-likeness (QED) is 0.737. The summed E-state index contributed by atoms with van der Waals surface area (Å²) in [5.41, 5.74) is 0. The molecule has 2 rings (SSSR count). The Morgan fingerprint density at radius 1 is 1.41 bits per heavy atom. The van der Waals surface area contributed by atoms with Crippen LogP contribution in [-0.2, 0) is 19.6 Å². The van der Waals surface area contributed by atoms with E-state index in [2.05, 4.69) is 15.9 Å². The number of hydrogen-bond acceptors (Lipinski definition) is 4. The van der Waals surface area contributed by atoms with Crippen LogP contribution < -0.4 is 0 Å². The number of rotatable bonds is 4. The highest BCUT2D eigenvalue weighted by atomic mass is 79.9. The van der Waals surface area contributed by atoms with E-state index in [0.717, 1.165) is 6.07 Å². The zero-order chi connectivity index (χ0) is 16.3. The van der Waals surface area contributed by atoms with Crippen molar-refractivity contribution in [1.82, 2.24) is 4.31 Å². The van der Waals surface area contributed by atoms with E-state index in [-0.39, 0.29) is 29.9 Å². The molecule has 0 aliphatic carbocycles. The molecule has 5 nitrogen and oxygen atoms in total. The van der Waals surface area contributed by atoms with Crippen molar-refractivity contribution < 1.29 is 22.3 Å². The molecule has 0 unspecified atom stereocenters. The van der Waals surface area contributed by atoms with Crippen LogP contribution in [-0.4, -0.2) is 38.4 Å². The molecule has 0 N–H and O–H groups in total.